The van der Waals surface area contributed by atoms with Gasteiger partial charge in [0, 0.05) is 22.3 Å². The highest BCUT2D eigenvalue weighted by atomic mass is 32.2. The van der Waals surface area contributed by atoms with Crippen molar-refractivity contribution < 1.29 is 9.21 Å². The lowest BCUT2D eigenvalue weighted by Gasteiger charge is -2.12. The highest BCUT2D eigenvalue weighted by Crippen LogP contribution is 2.32. The van der Waals surface area contributed by atoms with Crippen LogP contribution in [-0.4, -0.2) is 11.9 Å². The van der Waals surface area contributed by atoms with Crippen LogP contribution in [0.5, 0.6) is 0 Å². The Balaban J connectivity index is 1.61. The van der Waals surface area contributed by atoms with E-state index in [2.05, 4.69) is 24.4 Å². The Hall–Kier alpha value is -1.68. The molecule has 1 fully saturated rings. The highest BCUT2D eigenvalue weighted by molar-refractivity contribution is 7.98. The maximum atomic E-state index is 12.3. The second-order valence-corrected chi connectivity index (χ2v) is 6.53. The zero-order valence-electron chi connectivity index (χ0n) is 12.0. The van der Waals surface area contributed by atoms with E-state index in [0.717, 1.165) is 11.3 Å². The number of hydrogen-bond donors (Lipinski definition) is 1. The van der Waals surface area contributed by atoms with Crippen LogP contribution in [0, 0.1) is 5.92 Å². The molecule has 1 amide bonds. The first-order chi connectivity index (χ1) is 10.2. The molecule has 3 rings (SSSR count). The molecule has 21 heavy (non-hydrogen) atoms. The molecule has 1 atom stereocenters. The van der Waals surface area contributed by atoms with Gasteiger partial charge in [-0.2, -0.15) is 0 Å². The monoisotopic (exact) mass is 301 g/mol. The number of furan rings is 1. The lowest BCUT2D eigenvalue weighted by Crippen LogP contribution is -2.34. The third kappa shape index (κ3) is 3.70. The van der Waals surface area contributed by atoms with Gasteiger partial charge in [-0.05, 0) is 43.9 Å². The SMILES string of the molecule is CC(NC(=O)c1occc1CSc1ccccc1)C1CC1. The van der Waals surface area contributed by atoms with Gasteiger partial charge in [-0.3, -0.25) is 4.79 Å². The van der Waals surface area contributed by atoms with Crippen LogP contribution < -0.4 is 5.32 Å². The minimum absolute atomic E-state index is 0.0944. The summed E-state index contributed by atoms with van der Waals surface area (Å²) in [6.07, 6.45) is 4.03. The van der Waals surface area contributed by atoms with E-state index in [1.165, 1.54) is 17.7 Å². The Kier molecular flexibility index (Phi) is 4.34. The summed E-state index contributed by atoms with van der Waals surface area (Å²) in [4.78, 5) is 13.5. The molecule has 0 radical (unpaired) electrons. The minimum Gasteiger partial charge on any atom is -0.459 e. The highest BCUT2D eigenvalue weighted by Gasteiger charge is 2.30. The summed E-state index contributed by atoms with van der Waals surface area (Å²) in [5, 5.41) is 3.04. The summed E-state index contributed by atoms with van der Waals surface area (Å²) in [5.41, 5.74) is 0.948. The first kappa shape index (κ1) is 14.3. The van der Waals surface area contributed by atoms with Gasteiger partial charge in [0.25, 0.3) is 5.91 Å². The molecule has 1 heterocycles. The first-order valence-corrected chi connectivity index (χ1v) is 8.27. The molecule has 1 N–H and O–H groups in total. The van der Waals surface area contributed by atoms with Crippen molar-refractivity contribution in [3.8, 4) is 0 Å². The lowest BCUT2D eigenvalue weighted by atomic mass is 10.2. The molecule has 1 aromatic carbocycles. The molecule has 4 heteroatoms. The molecule has 0 bridgehead atoms. The van der Waals surface area contributed by atoms with Crippen LogP contribution in [0.15, 0.2) is 52.0 Å². The second kappa shape index (κ2) is 6.39. The largest absolute Gasteiger partial charge is 0.459 e. The molecule has 2 aromatic rings. The molecule has 1 aromatic heterocycles. The fraction of sp³-hybridized carbons (Fsp3) is 0.353. The van der Waals surface area contributed by atoms with E-state index in [9.17, 15) is 4.79 Å². The molecule has 1 aliphatic rings. The first-order valence-electron chi connectivity index (χ1n) is 7.29. The van der Waals surface area contributed by atoms with Crippen molar-refractivity contribution in [1.29, 1.82) is 0 Å². The van der Waals surface area contributed by atoms with Gasteiger partial charge in [-0.1, -0.05) is 18.2 Å². The molecule has 1 saturated carbocycles. The third-order valence-corrected chi connectivity index (χ3v) is 4.84. The van der Waals surface area contributed by atoms with Crippen molar-refractivity contribution in [2.24, 2.45) is 5.92 Å². The minimum atomic E-state index is -0.0944. The van der Waals surface area contributed by atoms with E-state index in [4.69, 9.17) is 4.42 Å². The molecule has 3 nitrogen and oxygen atoms in total. The normalized spacial score (nSPS) is 15.7. The van der Waals surface area contributed by atoms with Gasteiger partial charge in [0.2, 0.25) is 0 Å². The average molecular weight is 301 g/mol. The number of nitrogens with one attached hydrogen (secondary N) is 1. The van der Waals surface area contributed by atoms with E-state index in [-0.39, 0.29) is 11.9 Å². The maximum absolute atomic E-state index is 12.3. The van der Waals surface area contributed by atoms with Crippen LogP contribution in [0.2, 0.25) is 0 Å². The average Bonchev–Trinajstić information content (AvgIpc) is 3.25. The number of benzene rings is 1. The van der Waals surface area contributed by atoms with Gasteiger partial charge in [0.1, 0.15) is 0 Å². The second-order valence-electron chi connectivity index (χ2n) is 5.48. The predicted octanol–water partition coefficient (Wildman–Crippen LogP) is 4.10. The maximum Gasteiger partial charge on any atom is 0.287 e. The molecule has 0 spiro atoms. The van der Waals surface area contributed by atoms with E-state index in [0.29, 0.717) is 11.7 Å². The van der Waals surface area contributed by atoms with E-state index < -0.39 is 0 Å². The summed E-state index contributed by atoms with van der Waals surface area (Å²) in [5.74, 6) is 1.74. The Bertz CT molecular complexity index is 604. The molecule has 1 aliphatic carbocycles. The van der Waals surface area contributed by atoms with Crippen LogP contribution in [-0.2, 0) is 5.75 Å². The van der Waals surface area contributed by atoms with E-state index in [1.807, 2.05) is 24.3 Å². The summed E-state index contributed by atoms with van der Waals surface area (Å²) >= 11 is 1.71. The van der Waals surface area contributed by atoms with Crippen molar-refractivity contribution in [2.45, 2.75) is 36.5 Å². The van der Waals surface area contributed by atoms with Crippen molar-refractivity contribution in [3.05, 3.63) is 54.0 Å². The third-order valence-electron chi connectivity index (χ3n) is 3.78. The number of thioether (sulfide) groups is 1. The Labute approximate surface area is 129 Å². The number of carbonyl (C=O) groups excluding carboxylic acids is 1. The predicted molar refractivity (Wildman–Crippen MR) is 84.4 cm³/mol. The van der Waals surface area contributed by atoms with E-state index >= 15 is 0 Å². The van der Waals surface area contributed by atoms with Crippen molar-refractivity contribution >= 4 is 17.7 Å². The van der Waals surface area contributed by atoms with Crippen LogP contribution in [0.1, 0.15) is 35.9 Å². The Morgan fingerprint density at radius 1 is 1.33 bits per heavy atom. The smallest absolute Gasteiger partial charge is 0.287 e. The van der Waals surface area contributed by atoms with Gasteiger partial charge in [0.15, 0.2) is 5.76 Å². The molecule has 1 unspecified atom stereocenters. The number of hydrogen-bond acceptors (Lipinski definition) is 3. The fourth-order valence-corrected chi connectivity index (χ4v) is 3.21. The quantitative estimate of drug-likeness (QED) is 0.817. The molecule has 0 saturated heterocycles. The summed E-state index contributed by atoms with van der Waals surface area (Å²) < 4.78 is 5.39. The van der Waals surface area contributed by atoms with Crippen molar-refractivity contribution in [2.75, 3.05) is 0 Å². The Morgan fingerprint density at radius 2 is 2.10 bits per heavy atom. The number of carbonyl (C=O) groups is 1. The molecule has 110 valence electrons. The summed E-state index contributed by atoms with van der Waals surface area (Å²) in [6.45, 7) is 2.07. The van der Waals surface area contributed by atoms with Crippen LogP contribution in [0.4, 0.5) is 0 Å². The standard InChI is InChI=1S/C17H19NO2S/c1-12(13-7-8-13)18-17(19)16-14(9-10-20-16)11-21-15-5-3-2-4-6-15/h2-6,9-10,12-13H,7-8,11H2,1H3,(H,18,19). The van der Waals surface area contributed by atoms with Crippen LogP contribution in [0.25, 0.3) is 0 Å². The van der Waals surface area contributed by atoms with Crippen LogP contribution >= 0.6 is 11.8 Å². The molecular weight excluding hydrogens is 282 g/mol. The zero-order valence-corrected chi connectivity index (χ0v) is 12.9. The van der Waals surface area contributed by atoms with Crippen molar-refractivity contribution in [1.82, 2.24) is 5.32 Å². The molecule has 0 aliphatic heterocycles. The van der Waals surface area contributed by atoms with Gasteiger partial charge < -0.3 is 9.73 Å². The number of rotatable bonds is 6. The van der Waals surface area contributed by atoms with E-state index in [1.54, 1.807) is 18.0 Å². The topological polar surface area (TPSA) is 42.2 Å². The van der Waals surface area contributed by atoms with Crippen molar-refractivity contribution in [3.63, 3.8) is 0 Å². The fourth-order valence-electron chi connectivity index (χ4n) is 2.31. The summed E-state index contributed by atoms with van der Waals surface area (Å²) in [6, 6.07) is 12.3. The zero-order chi connectivity index (χ0) is 14.7. The van der Waals surface area contributed by atoms with Gasteiger partial charge in [0.05, 0.1) is 6.26 Å². The summed E-state index contributed by atoms with van der Waals surface area (Å²) in [7, 11) is 0. The van der Waals surface area contributed by atoms with Crippen LogP contribution in [0.3, 0.4) is 0 Å². The Morgan fingerprint density at radius 3 is 2.81 bits per heavy atom. The lowest BCUT2D eigenvalue weighted by molar-refractivity contribution is 0.0907. The van der Waals surface area contributed by atoms with Gasteiger partial charge in [-0.25, -0.2) is 0 Å². The molecular formula is C17H19NO2S. The number of amides is 1. The van der Waals surface area contributed by atoms with Gasteiger partial charge in [-0.15, -0.1) is 11.8 Å². The van der Waals surface area contributed by atoms with Gasteiger partial charge >= 0.3 is 0 Å².